The molecule has 0 radical (unpaired) electrons. The van der Waals surface area contributed by atoms with Crippen LogP contribution in [0.4, 0.5) is 10.5 Å². The lowest BCUT2D eigenvalue weighted by molar-refractivity contribution is 0.0636. The lowest BCUT2D eigenvalue weighted by Gasteiger charge is -2.19. The van der Waals surface area contributed by atoms with E-state index in [1.807, 2.05) is 6.07 Å². The molecule has 6 heteroatoms. The van der Waals surface area contributed by atoms with Gasteiger partial charge in [0.1, 0.15) is 11.1 Å². The van der Waals surface area contributed by atoms with Gasteiger partial charge in [-0.05, 0) is 51.0 Å². The minimum absolute atomic E-state index is 0.261. The van der Waals surface area contributed by atoms with E-state index in [9.17, 15) is 4.79 Å². The molecule has 0 unspecified atom stereocenters. The molecule has 0 bridgehead atoms. The molecule has 0 aliphatic heterocycles. The van der Waals surface area contributed by atoms with Crippen LogP contribution in [0.15, 0.2) is 47.1 Å². The van der Waals surface area contributed by atoms with E-state index >= 15 is 0 Å². The third kappa shape index (κ3) is 4.36. The number of amides is 1. The summed E-state index contributed by atoms with van der Waals surface area (Å²) >= 11 is 0. The Balaban J connectivity index is 1.86. The second-order valence-electron chi connectivity index (χ2n) is 6.29. The van der Waals surface area contributed by atoms with Crippen molar-refractivity contribution < 1.29 is 13.9 Å². The van der Waals surface area contributed by atoms with Crippen LogP contribution in [0, 0.1) is 11.8 Å². The maximum absolute atomic E-state index is 12.0. The maximum atomic E-state index is 12.0. The van der Waals surface area contributed by atoms with Crippen molar-refractivity contribution in [2.24, 2.45) is 0 Å². The highest BCUT2D eigenvalue weighted by Gasteiger charge is 2.18. The smallest absolute Gasteiger partial charge is 0.412 e. The summed E-state index contributed by atoms with van der Waals surface area (Å²) in [5.41, 5.74) is 1.73. The van der Waals surface area contributed by atoms with Gasteiger partial charge in [-0.2, -0.15) is 4.98 Å². The summed E-state index contributed by atoms with van der Waals surface area (Å²) in [7, 11) is 0. The number of ether oxygens (including phenoxy) is 1. The van der Waals surface area contributed by atoms with Crippen molar-refractivity contribution in [2.45, 2.75) is 26.4 Å². The molecule has 1 N–H and O–H groups in total. The van der Waals surface area contributed by atoms with E-state index in [4.69, 9.17) is 9.15 Å². The molecule has 0 saturated carbocycles. The van der Waals surface area contributed by atoms with Crippen molar-refractivity contribution in [1.82, 2.24) is 9.97 Å². The van der Waals surface area contributed by atoms with Crippen LogP contribution in [-0.4, -0.2) is 21.7 Å². The number of para-hydroxylation sites is 1. The Morgan fingerprint density at radius 1 is 1.20 bits per heavy atom. The summed E-state index contributed by atoms with van der Waals surface area (Å²) in [6.07, 6.45) is 2.79. The van der Waals surface area contributed by atoms with Gasteiger partial charge in [0.05, 0.1) is 5.69 Å². The van der Waals surface area contributed by atoms with Crippen LogP contribution in [0.3, 0.4) is 0 Å². The third-order valence-corrected chi connectivity index (χ3v) is 3.03. The van der Waals surface area contributed by atoms with E-state index in [2.05, 4.69) is 27.1 Å². The summed E-state index contributed by atoms with van der Waals surface area (Å²) in [4.78, 5) is 20.3. The molecular formula is C19H17N3O3. The molecule has 0 fully saturated rings. The van der Waals surface area contributed by atoms with Crippen molar-refractivity contribution in [2.75, 3.05) is 5.32 Å². The van der Waals surface area contributed by atoms with Crippen molar-refractivity contribution in [1.29, 1.82) is 0 Å². The number of hydrogen-bond donors (Lipinski definition) is 1. The molecule has 25 heavy (non-hydrogen) atoms. The third-order valence-electron chi connectivity index (χ3n) is 3.03. The van der Waals surface area contributed by atoms with Crippen molar-refractivity contribution >= 4 is 22.9 Å². The molecule has 1 amide bonds. The predicted molar refractivity (Wildman–Crippen MR) is 94.1 cm³/mol. The first kappa shape index (κ1) is 16.5. The molecule has 1 aromatic carbocycles. The van der Waals surface area contributed by atoms with Crippen molar-refractivity contribution in [3.05, 3.63) is 54.2 Å². The van der Waals surface area contributed by atoms with E-state index in [-0.39, 0.29) is 5.89 Å². The number of carbonyl (C=O) groups is 1. The van der Waals surface area contributed by atoms with Crippen molar-refractivity contribution in [3.8, 4) is 11.8 Å². The molecule has 0 saturated heterocycles. The first-order valence-corrected chi connectivity index (χ1v) is 7.72. The van der Waals surface area contributed by atoms with Crippen LogP contribution in [0.2, 0.25) is 0 Å². The van der Waals surface area contributed by atoms with E-state index in [0.717, 1.165) is 5.56 Å². The minimum Gasteiger partial charge on any atom is -0.444 e. The fourth-order valence-electron chi connectivity index (χ4n) is 2.08. The summed E-state index contributed by atoms with van der Waals surface area (Å²) in [6, 6.07) is 8.90. The second kappa shape index (κ2) is 6.65. The van der Waals surface area contributed by atoms with Crippen LogP contribution in [0.25, 0.3) is 11.1 Å². The van der Waals surface area contributed by atoms with E-state index < -0.39 is 11.7 Å². The lowest BCUT2D eigenvalue weighted by atomic mass is 10.2. The molecule has 0 spiro atoms. The molecule has 126 valence electrons. The maximum Gasteiger partial charge on any atom is 0.412 e. The standard InChI is InChI=1S/C19H17N3O3/c1-19(2,3)25-18(23)21-14-7-4-8-15-17(14)22-16(24-15)10-9-13-6-5-11-20-12-13/h4-8,11-12H,1-3H3,(H,21,23). The second-order valence-corrected chi connectivity index (χ2v) is 6.29. The fraction of sp³-hybridized carbons (Fsp3) is 0.211. The van der Waals surface area contributed by atoms with Crippen LogP contribution in [0.5, 0.6) is 0 Å². The first-order chi connectivity index (χ1) is 11.9. The van der Waals surface area contributed by atoms with Gasteiger partial charge >= 0.3 is 6.09 Å². The largest absolute Gasteiger partial charge is 0.444 e. The highest BCUT2D eigenvalue weighted by atomic mass is 16.6. The van der Waals surface area contributed by atoms with Crippen LogP contribution in [0.1, 0.15) is 32.2 Å². The van der Waals surface area contributed by atoms with Gasteiger partial charge in [0, 0.05) is 18.0 Å². The highest BCUT2D eigenvalue weighted by molar-refractivity contribution is 5.96. The van der Waals surface area contributed by atoms with Crippen LogP contribution >= 0.6 is 0 Å². The Morgan fingerprint density at radius 2 is 2.04 bits per heavy atom. The lowest BCUT2D eigenvalue weighted by Crippen LogP contribution is -2.27. The quantitative estimate of drug-likeness (QED) is 0.681. The Bertz CT molecular complexity index is 960. The molecule has 2 aromatic heterocycles. The SMILES string of the molecule is CC(C)(C)OC(=O)Nc1cccc2oc(C#Cc3cccnc3)nc12. The number of oxazole rings is 1. The number of nitrogens with one attached hydrogen (secondary N) is 1. The number of hydrogen-bond acceptors (Lipinski definition) is 5. The molecular weight excluding hydrogens is 318 g/mol. The minimum atomic E-state index is -0.581. The number of fused-ring (bicyclic) bond motifs is 1. The van der Waals surface area contributed by atoms with Gasteiger partial charge in [-0.25, -0.2) is 4.79 Å². The van der Waals surface area contributed by atoms with Gasteiger partial charge in [-0.3, -0.25) is 10.3 Å². The first-order valence-electron chi connectivity index (χ1n) is 7.72. The number of carbonyl (C=O) groups excluding carboxylic acids is 1. The van der Waals surface area contributed by atoms with Crippen LogP contribution in [-0.2, 0) is 4.74 Å². The number of nitrogens with zero attached hydrogens (tertiary/aromatic N) is 2. The summed E-state index contributed by atoms with van der Waals surface area (Å²) in [6.45, 7) is 5.40. The molecule has 3 aromatic rings. The summed E-state index contributed by atoms with van der Waals surface area (Å²) in [5, 5.41) is 2.69. The highest BCUT2D eigenvalue weighted by Crippen LogP contribution is 2.24. The zero-order valence-corrected chi connectivity index (χ0v) is 14.2. The van der Waals surface area contributed by atoms with E-state index in [1.165, 1.54) is 0 Å². The van der Waals surface area contributed by atoms with Crippen molar-refractivity contribution in [3.63, 3.8) is 0 Å². The fourth-order valence-corrected chi connectivity index (χ4v) is 2.08. The van der Waals surface area contributed by atoms with Gasteiger partial charge in [-0.1, -0.05) is 12.0 Å². The average molecular weight is 335 g/mol. The van der Waals surface area contributed by atoms with Gasteiger partial charge in [0.2, 0.25) is 0 Å². The Labute approximate surface area is 145 Å². The molecule has 0 aliphatic carbocycles. The molecule has 3 rings (SSSR count). The van der Waals surface area contributed by atoms with Gasteiger partial charge in [-0.15, -0.1) is 0 Å². The molecule has 6 nitrogen and oxygen atoms in total. The Morgan fingerprint density at radius 3 is 2.76 bits per heavy atom. The number of benzene rings is 1. The topological polar surface area (TPSA) is 77.2 Å². The van der Waals surface area contributed by atoms with E-state index in [1.54, 1.807) is 57.4 Å². The monoisotopic (exact) mass is 335 g/mol. The van der Waals surface area contributed by atoms with Gasteiger partial charge in [0.25, 0.3) is 5.89 Å². The zero-order chi connectivity index (χ0) is 17.9. The summed E-state index contributed by atoms with van der Waals surface area (Å²) in [5.74, 6) is 6.05. The molecule has 0 atom stereocenters. The van der Waals surface area contributed by atoms with Crippen LogP contribution < -0.4 is 5.32 Å². The predicted octanol–water partition coefficient (Wildman–Crippen LogP) is 3.97. The number of aromatic nitrogens is 2. The normalized spacial score (nSPS) is 10.8. The number of anilines is 1. The Hall–Kier alpha value is -3.33. The zero-order valence-electron chi connectivity index (χ0n) is 14.2. The van der Waals surface area contributed by atoms with Gasteiger partial charge < -0.3 is 9.15 Å². The number of rotatable bonds is 1. The molecule has 2 heterocycles. The number of pyridine rings is 1. The molecule has 0 aliphatic rings. The van der Waals surface area contributed by atoms with Gasteiger partial charge in [0.15, 0.2) is 5.58 Å². The van der Waals surface area contributed by atoms with E-state index in [0.29, 0.717) is 16.8 Å². The average Bonchev–Trinajstić information content (AvgIpc) is 2.96. The summed E-state index contributed by atoms with van der Waals surface area (Å²) < 4.78 is 10.9. The Kier molecular flexibility index (Phi) is 4.40.